The summed E-state index contributed by atoms with van der Waals surface area (Å²) in [4.78, 5) is 42.6. The molecule has 4 amide bonds. The molecule has 6 heteroatoms. The Bertz CT molecular complexity index is 507. The van der Waals surface area contributed by atoms with Crippen LogP contribution in [0.25, 0.3) is 0 Å². The third kappa shape index (κ3) is 2.03. The van der Waals surface area contributed by atoms with Gasteiger partial charge in [0.2, 0.25) is 5.91 Å². The van der Waals surface area contributed by atoms with Crippen molar-refractivity contribution >= 4 is 17.8 Å². The summed E-state index contributed by atoms with van der Waals surface area (Å²) < 4.78 is 0. The van der Waals surface area contributed by atoms with Gasteiger partial charge in [-0.3, -0.25) is 14.5 Å². The molecule has 2 atom stereocenters. The highest BCUT2D eigenvalue weighted by Crippen LogP contribution is 2.42. The van der Waals surface area contributed by atoms with E-state index in [1.807, 2.05) is 6.92 Å². The fraction of sp³-hybridized carbons (Fsp3) is 0.812. The summed E-state index contributed by atoms with van der Waals surface area (Å²) >= 11 is 0. The second kappa shape index (κ2) is 5.56. The quantitative estimate of drug-likeness (QED) is 0.741. The zero-order valence-corrected chi connectivity index (χ0v) is 13.5. The number of urea groups is 1. The first-order valence-corrected chi connectivity index (χ1v) is 8.48. The van der Waals surface area contributed by atoms with E-state index in [1.165, 1.54) is 4.90 Å². The molecular formula is C16H25N3O3. The lowest BCUT2D eigenvalue weighted by Crippen LogP contribution is -2.47. The Morgan fingerprint density at radius 3 is 2.73 bits per heavy atom. The van der Waals surface area contributed by atoms with Gasteiger partial charge in [-0.1, -0.05) is 20.3 Å². The first-order chi connectivity index (χ1) is 10.5. The Morgan fingerprint density at radius 1 is 1.27 bits per heavy atom. The van der Waals surface area contributed by atoms with Crippen molar-refractivity contribution in [2.24, 2.45) is 0 Å². The molecule has 3 saturated heterocycles. The molecule has 0 aromatic heterocycles. The van der Waals surface area contributed by atoms with Gasteiger partial charge in [0.1, 0.15) is 5.54 Å². The van der Waals surface area contributed by atoms with Crippen LogP contribution in [0.4, 0.5) is 4.79 Å². The minimum Gasteiger partial charge on any atom is -0.341 e. The average Bonchev–Trinajstić information content (AvgIpc) is 3.17. The number of amides is 4. The molecular weight excluding hydrogens is 282 g/mol. The van der Waals surface area contributed by atoms with E-state index in [1.54, 1.807) is 9.80 Å². The van der Waals surface area contributed by atoms with Gasteiger partial charge >= 0.3 is 6.03 Å². The SMILES string of the molecule is CCC[C@@]12CCCN1C(=O)N([C@H]1CCN(C(=O)CC)C1)C2=O. The van der Waals surface area contributed by atoms with Crippen molar-refractivity contribution < 1.29 is 14.4 Å². The largest absolute Gasteiger partial charge is 0.341 e. The van der Waals surface area contributed by atoms with E-state index in [9.17, 15) is 14.4 Å². The van der Waals surface area contributed by atoms with Gasteiger partial charge in [0.05, 0.1) is 6.04 Å². The Morgan fingerprint density at radius 2 is 2.05 bits per heavy atom. The third-order valence-electron chi connectivity index (χ3n) is 5.39. The predicted molar refractivity (Wildman–Crippen MR) is 81.1 cm³/mol. The van der Waals surface area contributed by atoms with Crippen molar-refractivity contribution in [3.05, 3.63) is 0 Å². The molecule has 0 unspecified atom stereocenters. The number of hydrogen-bond donors (Lipinski definition) is 0. The molecule has 22 heavy (non-hydrogen) atoms. The van der Waals surface area contributed by atoms with Crippen LogP contribution in [0.1, 0.15) is 52.4 Å². The summed E-state index contributed by atoms with van der Waals surface area (Å²) in [5.41, 5.74) is -0.589. The zero-order valence-electron chi connectivity index (χ0n) is 13.5. The number of imide groups is 1. The summed E-state index contributed by atoms with van der Waals surface area (Å²) in [6.45, 7) is 5.73. The molecule has 0 saturated carbocycles. The molecule has 0 aromatic rings. The normalized spacial score (nSPS) is 31.4. The lowest BCUT2D eigenvalue weighted by molar-refractivity contribution is -0.135. The number of nitrogens with zero attached hydrogens (tertiary/aromatic N) is 3. The van der Waals surface area contributed by atoms with Crippen LogP contribution in [-0.2, 0) is 9.59 Å². The van der Waals surface area contributed by atoms with E-state index in [4.69, 9.17) is 0 Å². The molecule has 0 radical (unpaired) electrons. The van der Waals surface area contributed by atoms with Crippen LogP contribution >= 0.6 is 0 Å². The highest BCUT2D eigenvalue weighted by atomic mass is 16.2. The van der Waals surface area contributed by atoms with Crippen molar-refractivity contribution in [1.82, 2.24) is 14.7 Å². The summed E-state index contributed by atoms with van der Waals surface area (Å²) in [7, 11) is 0. The molecule has 0 aliphatic carbocycles. The van der Waals surface area contributed by atoms with Gasteiger partial charge in [-0.15, -0.1) is 0 Å². The Balaban J connectivity index is 1.80. The van der Waals surface area contributed by atoms with Gasteiger partial charge in [0.25, 0.3) is 5.91 Å². The van der Waals surface area contributed by atoms with E-state index in [0.717, 1.165) is 25.7 Å². The van der Waals surface area contributed by atoms with E-state index in [-0.39, 0.29) is 23.9 Å². The van der Waals surface area contributed by atoms with Gasteiger partial charge in [-0.05, 0) is 25.7 Å². The maximum Gasteiger partial charge on any atom is 0.327 e. The third-order valence-corrected chi connectivity index (χ3v) is 5.39. The van der Waals surface area contributed by atoms with Gasteiger partial charge in [-0.25, -0.2) is 4.79 Å². The van der Waals surface area contributed by atoms with Crippen LogP contribution in [-0.4, -0.2) is 63.8 Å². The van der Waals surface area contributed by atoms with E-state index >= 15 is 0 Å². The first-order valence-electron chi connectivity index (χ1n) is 8.48. The van der Waals surface area contributed by atoms with Gasteiger partial charge in [0, 0.05) is 26.1 Å². The highest BCUT2D eigenvalue weighted by molar-refractivity contribution is 6.07. The van der Waals surface area contributed by atoms with Crippen LogP contribution in [0.15, 0.2) is 0 Å². The molecule has 3 fully saturated rings. The van der Waals surface area contributed by atoms with Gasteiger partial charge in [0.15, 0.2) is 0 Å². The standard InChI is InChI=1S/C16H25N3O3/c1-3-7-16-8-5-9-18(16)15(22)19(14(16)21)12-6-10-17(11-12)13(20)4-2/h12H,3-11H2,1-2H3/t12-,16-/m0/s1. The van der Waals surface area contributed by atoms with Crippen molar-refractivity contribution in [1.29, 1.82) is 0 Å². The number of hydrogen-bond acceptors (Lipinski definition) is 3. The Kier molecular flexibility index (Phi) is 3.87. The fourth-order valence-corrected chi connectivity index (χ4v) is 4.33. The van der Waals surface area contributed by atoms with Crippen LogP contribution < -0.4 is 0 Å². The Hall–Kier alpha value is -1.59. The van der Waals surface area contributed by atoms with E-state index < -0.39 is 5.54 Å². The summed E-state index contributed by atoms with van der Waals surface area (Å²) in [6.07, 6.45) is 4.52. The monoisotopic (exact) mass is 307 g/mol. The molecule has 0 aromatic carbocycles. The van der Waals surface area contributed by atoms with Crippen molar-refractivity contribution in [3.63, 3.8) is 0 Å². The number of fused-ring (bicyclic) bond motifs is 1. The number of carbonyl (C=O) groups is 3. The number of likely N-dealkylation sites (tertiary alicyclic amines) is 1. The summed E-state index contributed by atoms with van der Waals surface area (Å²) in [5.74, 6) is 0.0815. The minimum atomic E-state index is -0.589. The molecule has 3 rings (SSSR count). The maximum atomic E-state index is 13.0. The predicted octanol–water partition coefficient (Wildman–Crippen LogP) is 1.59. The highest BCUT2D eigenvalue weighted by Gasteiger charge is 2.60. The molecule has 3 heterocycles. The second-order valence-electron chi connectivity index (χ2n) is 6.63. The Labute approximate surface area is 131 Å². The average molecular weight is 307 g/mol. The molecule has 3 aliphatic rings. The van der Waals surface area contributed by atoms with Gasteiger partial charge in [-0.2, -0.15) is 0 Å². The number of carbonyl (C=O) groups excluding carboxylic acids is 3. The fourth-order valence-electron chi connectivity index (χ4n) is 4.33. The maximum absolute atomic E-state index is 13.0. The van der Waals surface area contributed by atoms with Crippen LogP contribution in [0.2, 0.25) is 0 Å². The molecule has 0 spiro atoms. The van der Waals surface area contributed by atoms with Crippen LogP contribution in [0.3, 0.4) is 0 Å². The number of rotatable bonds is 4. The zero-order chi connectivity index (χ0) is 15.9. The first kappa shape index (κ1) is 15.3. The van der Waals surface area contributed by atoms with Crippen molar-refractivity contribution in [2.75, 3.05) is 19.6 Å². The molecule has 0 bridgehead atoms. The molecule has 0 N–H and O–H groups in total. The molecule has 3 aliphatic heterocycles. The van der Waals surface area contributed by atoms with Crippen LogP contribution in [0.5, 0.6) is 0 Å². The van der Waals surface area contributed by atoms with Gasteiger partial charge < -0.3 is 9.80 Å². The lowest BCUT2D eigenvalue weighted by Gasteiger charge is -2.27. The molecule has 122 valence electrons. The lowest BCUT2D eigenvalue weighted by atomic mass is 9.90. The van der Waals surface area contributed by atoms with E-state index in [2.05, 4.69) is 6.92 Å². The topological polar surface area (TPSA) is 60.9 Å². The summed E-state index contributed by atoms with van der Waals surface area (Å²) in [5, 5.41) is 0. The smallest absolute Gasteiger partial charge is 0.327 e. The van der Waals surface area contributed by atoms with E-state index in [0.29, 0.717) is 32.5 Å². The van der Waals surface area contributed by atoms with Crippen molar-refractivity contribution in [3.8, 4) is 0 Å². The minimum absolute atomic E-state index is 0.0207. The molecule has 6 nitrogen and oxygen atoms in total. The summed E-state index contributed by atoms with van der Waals surface area (Å²) in [6, 6.07) is -0.276. The second-order valence-corrected chi connectivity index (χ2v) is 6.63. The van der Waals surface area contributed by atoms with Crippen molar-refractivity contribution in [2.45, 2.75) is 64.0 Å². The van der Waals surface area contributed by atoms with Crippen LogP contribution in [0, 0.1) is 0 Å².